The fourth-order valence-electron chi connectivity index (χ4n) is 3.96. The van der Waals surface area contributed by atoms with E-state index in [1.54, 1.807) is 10.7 Å². The molecule has 3 heterocycles. The van der Waals surface area contributed by atoms with E-state index >= 15 is 0 Å². The highest BCUT2D eigenvalue weighted by Gasteiger charge is 2.57. The van der Waals surface area contributed by atoms with Crippen LogP contribution in [0.25, 0.3) is 27.6 Å². The first-order valence-electron chi connectivity index (χ1n) is 10.1. The molecular formula is C21H18F5N5S. The van der Waals surface area contributed by atoms with Crippen molar-refractivity contribution in [2.45, 2.75) is 55.6 Å². The van der Waals surface area contributed by atoms with Crippen LogP contribution in [0.1, 0.15) is 36.9 Å². The van der Waals surface area contributed by atoms with Gasteiger partial charge in [0.05, 0.1) is 29.1 Å². The van der Waals surface area contributed by atoms with E-state index in [1.165, 1.54) is 18.0 Å². The summed E-state index contributed by atoms with van der Waals surface area (Å²) in [6, 6.07) is 5.57. The van der Waals surface area contributed by atoms with Crippen molar-refractivity contribution in [3.05, 3.63) is 41.9 Å². The number of nitrogens with zero attached hydrogens (tertiary/aromatic N) is 5. The van der Waals surface area contributed by atoms with Crippen LogP contribution < -0.4 is 0 Å². The van der Waals surface area contributed by atoms with Gasteiger partial charge in [0.1, 0.15) is 6.54 Å². The molecule has 1 fully saturated rings. The van der Waals surface area contributed by atoms with Crippen LogP contribution in [-0.2, 0) is 13.0 Å². The fourth-order valence-corrected chi connectivity index (χ4v) is 4.46. The second kappa shape index (κ2) is 7.16. The molecule has 1 aliphatic carbocycles. The number of aryl methyl sites for hydroxylation is 1. The number of aromatic nitrogens is 5. The monoisotopic (exact) mass is 467 g/mol. The van der Waals surface area contributed by atoms with Gasteiger partial charge >= 0.3 is 12.1 Å². The second-order valence-electron chi connectivity index (χ2n) is 7.99. The number of thiol groups is 1. The summed E-state index contributed by atoms with van der Waals surface area (Å²) < 4.78 is 67.0. The van der Waals surface area contributed by atoms with E-state index in [4.69, 9.17) is 12.6 Å². The molecule has 1 aromatic carbocycles. The van der Waals surface area contributed by atoms with Crippen molar-refractivity contribution in [1.82, 2.24) is 24.5 Å². The molecule has 0 atom stereocenters. The number of hydrogen-bond donors (Lipinski definition) is 1. The van der Waals surface area contributed by atoms with Gasteiger partial charge in [0.15, 0.2) is 5.82 Å². The predicted octanol–water partition coefficient (Wildman–Crippen LogP) is 5.70. The average Bonchev–Trinajstić information content (AvgIpc) is 3.38. The lowest BCUT2D eigenvalue weighted by molar-refractivity contribution is -0.287. The van der Waals surface area contributed by atoms with Crippen LogP contribution in [-0.4, -0.2) is 36.6 Å². The van der Waals surface area contributed by atoms with Crippen LogP contribution in [0.4, 0.5) is 22.0 Å². The molecule has 0 N–H and O–H groups in total. The van der Waals surface area contributed by atoms with Crippen LogP contribution in [0.15, 0.2) is 35.5 Å². The fraction of sp³-hybridized carbons (Fsp3) is 0.381. The van der Waals surface area contributed by atoms with Crippen molar-refractivity contribution < 1.29 is 22.0 Å². The molecule has 5 rings (SSSR count). The molecule has 0 unspecified atom stereocenters. The summed E-state index contributed by atoms with van der Waals surface area (Å²) in [5.74, 6) is -3.95. The quantitative estimate of drug-likeness (QED) is 0.303. The Bertz CT molecular complexity index is 1340. The van der Waals surface area contributed by atoms with Gasteiger partial charge in [-0.05, 0) is 42.9 Å². The van der Waals surface area contributed by atoms with Crippen molar-refractivity contribution in [2.75, 3.05) is 0 Å². The van der Waals surface area contributed by atoms with Gasteiger partial charge in [0, 0.05) is 15.7 Å². The van der Waals surface area contributed by atoms with Crippen molar-refractivity contribution in [2.24, 2.45) is 0 Å². The Hall–Kier alpha value is -2.69. The largest absolute Gasteiger partial charge is 0.455 e. The maximum atomic E-state index is 13.5. The van der Waals surface area contributed by atoms with E-state index < -0.39 is 18.6 Å². The third kappa shape index (κ3) is 3.33. The van der Waals surface area contributed by atoms with Gasteiger partial charge in [-0.1, -0.05) is 13.0 Å². The van der Waals surface area contributed by atoms with Gasteiger partial charge in [-0.3, -0.25) is 4.68 Å². The minimum Gasteiger partial charge on any atom is -0.257 e. The van der Waals surface area contributed by atoms with Gasteiger partial charge in [-0.25, -0.2) is 9.67 Å². The SMILES string of the molecule is CCc1c2c(S)c(C3CC3)ccc2nn1-c1cc2cnn(CC(F)(F)C(F)(F)F)c2cn1. The summed E-state index contributed by atoms with van der Waals surface area (Å²) in [6.07, 6.45) is -0.235. The highest BCUT2D eigenvalue weighted by Crippen LogP contribution is 2.45. The predicted molar refractivity (Wildman–Crippen MR) is 112 cm³/mol. The highest BCUT2D eigenvalue weighted by molar-refractivity contribution is 7.80. The number of halogens is 5. The van der Waals surface area contributed by atoms with Crippen molar-refractivity contribution in [3.8, 4) is 5.82 Å². The molecule has 0 spiro atoms. The van der Waals surface area contributed by atoms with Gasteiger partial charge in [0.2, 0.25) is 0 Å². The number of fused-ring (bicyclic) bond motifs is 2. The number of rotatable bonds is 5. The highest BCUT2D eigenvalue weighted by atomic mass is 32.1. The second-order valence-corrected chi connectivity index (χ2v) is 8.44. The van der Waals surface area contributed by atoms with Gasteiger partial charge in [-0.2, -0.15) is 32.1 Å². The molecule has 0 saturated heterocycles. The molecule has 4 aromatic rings. The average molecular weight is 467 g/mol. The number of pyridine rings is 1. The third-order valence-corrected chi connectivity index (χ3v) is 6.27. The molecule has 0 aliphatic heterocycles. The Morgan fingerprint density at radius 2 is 1.88 bits per heavy atom. The van der Waals surface area contributed by atoms with E-state index in [0.717, 1.165) is 34.3 Å². The Labute approximate surface area is 184 Å². The molecule has 11 heteroatoms. The van der Waals surface area contributed by atoms with Crippen molar-refractivity contribution in [1.29, 1.82) is 0 Å². The smallest absolute Gasteiger partial charge is 0.257 e. The molecule has 1 aliphatic rings. The lowest BCUT2D eigenvalue weighted by Gasteiger charge is -2.19. The third-order valence-electron chi connectivity index (χ3n) is 5.79. The van der Waals surface area contributed by atoms with Crippen LogP contribution in [0.2, 0.25) is 0 Å². The first-order chi connectivity index (χ1) is 15.1. The molecule has 32 heavy (non-hydrogen) atoms. The summed E-state index contributed by atoms with van der Waals surface area (Å²) in [6.45, 7) is 0.375. The first kappa shape index (κ1) is 21.2. The zero-order valence-electron chi connectivity index (χ0n) is 16.9. The molecule has 1 saturated carbocycles. The minimum atomic E-state index is -5.66. The Morgan fingerprint density at radius 1 is 1.12 bits per heavy atom. The summed E-state index contributed by atoms with van der Waals surface area (Å²) in [5.41, 5.74) is 2.94. The summed E-state index contributed by atoms with van der Waals surface area (Å²) in [7, 11) is 0. The number of alkyl halides is 5. The molecule has 0 amide bonds. The zero-order chi connectivity index (χ0) is 22.8. The maximum Gasteiger partial charge on any atom is 0.455 e. The first-order valence-corrected chi connectivity index (χ1v) is 10.6. The van der Waals surface area contributed by atoms with Crippen molar-refractivity contribution in [3.63, 3.8) is 0 Å². The number of benzene rings is 1. The van der Waals surface area contributed by atoms with Crippen molar-refractivity contribution >= 4 is 34.4 Å². The molecule has 3 aromatic heterocycles. The van der Waals surface area contributed by atoms with E-state index in [0.29, 0.717) is 28.2 Å². The standard InChI is InChI=1S/C21H18F5N5S/c1-2-15-18-14(6-5-13(19(18)32)11-3-4-11)29-31(15)17-7-12-8-28-30(16(12)9-27-17)10-20(22,23)21(24,25)26/h5-9,11,32H,2-4,10H2,1H3. The molecule has 0 radical (unpaired) electrons. The van der Waals surface area contributed by atoms with Gasteiger partial charge in [0.25, 0.3) is 0 Å². The van der Waals surface area contributed by atoms with Crippen LogP contribution in [0.3, 0.4) is 0 Å². The topological polar surface area (TPSA) is 48.5 Å². The van der Waals surface area contributed by atoms with Gasteiger partial charge in [-0.15, -0.1) is 12.6 Å². The van der Waals surface area contributed by atoms with E-state index in [9.17, 15) is 22.0 Å². The van der Waals surface area contributed by atoms with Crippen LogP contribution in [0, 0.1) is 0 Å². The van der Waals surface area contributed by atoms with E-state index in [-0.39, 0.29) is 5.52 Å². The lowest BCUT2D eigenvalue weighted by atomic mass is 10.1. The Kier molecular flexibility index (Phi) is 4.74. The molecule has 168 valence electrons. The van der Waals surface area contributed by atoms with E-state index in [1.807, 2.05) is 19.1 Å². The molecule has 5 nitrogen and oxygen atoms in total. The molecular weight excluding hydrogens is 449 g/mol. The molecule has 0 bridgehead atoms. The minimum absolute atomic E-state index is 0.0818. The summed E-state index contributed by atoms with van der Waals surface area (Å²) in [4.78, 5) is 5.19. The van der Waals surface area contributed by atoms with Crippen LogP contribution in [0.5, 0.6) is 0 Å². The maximum absolute atomic E-state index is 13.5. The Morgan fingerprint density at radius 3 is 2.53 bits per heavy atom. The summed E-state index contributed by atoms with van der Waals surface area (Å²) >= 11 is 4.77. The number of hydrogen-bond acceptors (Lipinski definition) is 4. The van der Waals surface area contributed by atoms with E-state index in [2.05, 4.69) is 15.2 Å². The normalized spacial score (nSPS) is 15.2. The Balaban J connectivity index is 1.58. The zero-order valence-corrected chi connectivity index (χ0v) is 17.8. The summed E-state index contributed by atoms with van der Waals surface area (Å²) in [5, 5.41) is 9.71. The van der Waals surface area contributed by atoms with Gasteiger partial charge < -0.3 is 0 Å². The lowest BCUT2D eigenvalue weighted by Crippen LogP contribution is -2.40. The van der Waals surface area contributed by atoms with Crippen LogP contribution >= 0.6 is 12.6 Å².